The highest BCUT2D eigenvalue weighted by Crippen LogP contribution is 2.29. The van der Waals surface area contributed by atoms with Crippen molar-refractivity contribution in [1.29, 1.82) is 0 Å². The number of carbonyl (C=O) groups excluding carboxylic acids is 1. The van der Waals surface area contributed by atoms with Crippen LogP contribution in [0.2, 0.25) is 0 Å². The number of alkyl halides is 3. The maximum atomic E-state index is 12.1. The molecule has 2 rings (SSSR count). The van der Waals surface area contributed by atoms with Gasteiger partial charge in [0.25, 0.3) is 5.91 Å². The van der Waals surface area contributed by atoms with Gasteiger partial charge in [-0.2, -0.15) is 0 Å². The summed E-state index contributed by atoms with van der Waals surface area (Å²) in [5.41, 5.74) is 0.758. The molecular weight excluding hydrogens is 508 g/mol. The molecule has 10 heteroatoms. The van der Waals surface area contributed by atoms with E-state index in [1.165, 1.54) is 12.3 Å². The third-order valence-corrected chi connectivity index (χ3v) is 4.32. The van der Waals surface area contributed by atoms with Crippen LogP contribution in [0.4, 0.5) is 5.69 Å². The molecule has 128 valence electrons. The van der Waals surface area contributed by atoms with Gasteiger partial charge in [0.15, 0.2) is 10.9 Å². The van der Waals surface area contributed by atoms with Crippen LogP contribution in [0.1, 0.15) is 10.6 Å². The lowest BCUT2D eigenvalue weighted by atomic mass is 10.3. The van der Waals surface area contributed by atoms with Gasteiger partial charge in [0.05, 0.1) is 6.26 Å². The molecule has 1 aromatic heterocycles. The average molecular weight is 519 g/mol. The highest BCUT2D eigenvalue weighted by molar-refractivity contribution is 14.1. The molecule has 5 nitrogen and oxygen atoms in total. The number of anilines is 1. The molecule has 2 aromatic rings. The lowest BCUT2D eigenvalue weighted by molar-refractivity contribution is 0.0906. The standard InChI is InChI=1S/C14H11Cl3IN3O2S/c15-14(16,17)12(20-11(22)10-2-1-7-23-10)21-13(24)19-9-5-3-8(18)4-6-9/h1-7,12H,(H,20,22)(H2,19,21,24)/t12-/m1/s1. The van der Waals surface area contributed by atoms with Gasteiger partial charge in [-0.15, -0.1) is 0 Å². The fraction of sp³-hybridized carbons (Fsp3) is 0.143. The van der Waals surface area contributed by atoms with E-state index in [9.17, 15) is 4.79 Å². The molecule has 1 aromatic carbocycles. The van der Waals surface area contributed by atoms with Gasteiger partial charge in [-0.05, 0) is 71.2 Å². The lowest BCUT2D eigenvalue weighted by Crippen LogP contribution is -2.56. The summed E-state index contributed by atoms with van der Waals surface area (Å²) in [7, 11) is 0. The van der Waals surface area contributed by atoms with Crippen LogP contribution in [0.3, 0.4) is 0 Å². The predicted octanol–water partition coefficient (Wildman–Crippen LogP) is 4.30. The Bertz CT molecular complexity index is 705. The van der Waals surface area contributed by atoms with E-state index < -0.39 is 15.9 Å². The molecule has 0 fully saturated rings. The Balaban J connectivity index is 2.01. The second kappa shape index (κ2) is 8.57. The predicted molar refractivity (Wildman–Crippen MR) is 109 cm³/mol. The first-order valence-electron chi connectivity index (χ1n) is 6.50. The molecule has 0 aliphatic heterocycles. The number of amides is 1. The summed E-state index contributed by atoms with van der Waals surface area (Å²) in [4.78, 5) is 12.1. The molecule has 24 heavy (non-hydrogen) atoms. The number of thiocarbonyl (C=S) groups is 1. The van der Waals surface area contributed by atoms with Crippen LogP contribution in [0, 0.1) is 3.57 Å². The summed E-state index contributed by atoms with van der Waals surface area (Å²) in [5, 5.41) is 8.41. The van der Waals surface area contributed by atoms with Crippen LogP contribution >= 0.6 is 69.6 Å². The van der Waals surface area contributed by atoms with Crippen LogP contribution in [0.25, 0.3) is 0 Å². The molecular formula is C14H11Cl3IN3O2S. The summed E-state index contributed by atoms with van der Waals surface area (Å²) in [6, 6.07) is 10.6. The number of furan rings is 1. The van der Waals surface area contributed by atoms with E-state index >= 15 is 0 Å². The monoisotopic (exact) mass is 517 g/mol. The molecule has 0 aliphatic carbocycles. The van der Waals surface area contributed by atoms with Gasteiger partial charge in [-0.3, -0.25) is 4.79 Å². The number of halogens is 4. The quantitative estimate of drug-likeness (QED) is 0.244. The van der Waals surface area contributed by atoms with Gasteiger partial charge in [-0.1, -0.05) is 34.8 Å². The Kier molecular flexibility index (Phi) is 6.99. The number of benzene rings is 1. The van der Waals surface area contributed by atoms with Crippen LogP contribution in [-0.4, -0.2) is 21.0 Å². The van der Waals surface area contributed by atoms with Crippen LogP contribution in [0.15, 0.2) is 47.1 Å². The molecule has 0 spiro atoms. The Labute approximate surface area is 172 Å². The van der Waals surface area contributed by atoms with Crippen LogP contribution in [-0.2, 0) is 0 Å². The number of rotatable bonds is 4. The molecule has 0 bridgehead atoms. The fourth-order valence-corrected chi connectivity index (χ4v) is 2.56. The second-order valence-electron chi connectivity index (χ2n) is 4.53. The molecule has 1 amide bonds. The van der Waals surface area contributed by atoms with E-state index in [0.29, 0.717) is 0 Å². The maximum absolute atomic E-state index is 12.1. The molecule has 0 radical (unpaired) electrons. The minimum atomic E-state index is -1.83. The van der Waals surface area contributed by atoms with Crippen molar-refractivity contribution in [1.82, 2.24) is 10.6 Å². The van der Waals surface area contributed by atoms with Gasteiger partial charge in [0.2, 0.25) is 3.79 Å². The van der Waals surface area contributed by atoms with Crippen molar-refractivity contribution in [2.45, 2.75) is 9.96 Å². The summed E-state index contributed by atoms with van der Waals surface area (Å²) in [6.45, 7) is 0. The van der Waals surface area contributed by atoms with E-state index in [1.807, 2.05) is 24.3 Å². The van der Waals surface area contributed by atoms with Crippen molar-refractivity contribution in [2.24, 2.45) is 0 Å². The Hall–Kier alpha value is -0.740. The highest BCUT2D eigenvalue weighted by atomic mass is 127. The number of nitrogens with one attached hydrogen (secondary N) is 3. The first-order chi connectivity index (χ1) is 11.3. The molecule has 0 saturated carbocycles. The third kappa shape index (κ3) is 5.96. The van der Waals surface area contributed by atoms with Crippen molar-refractivity contribution in [2.75, 3.05) is 5.32 Å². The van der Waals surface area contributed by atoms with E-state index in [0.717, 1.165) is 9.26 Å². The van der Waals surface area contributed by atoms with E-state index in [2.05, 4.69) is 38.5 Å². The Morgan fingerprint density at radius 1 is 1.17 bits per heavy atom. The molecule has 0 unspecified atom stereocenters. The molecule has 3 N–H and O–H groups in total. The molecule has 1 heterocycles. The molecule has 0 saturated heterocycles. The topological polar surface area (TPSA) is 66.3 Å². The number of hydrogen-bond donors (Lipinski definition) is 3. The van der Waals surface area contributed by atoms with Crippen molar-refractivity contribution in [3.05, 3.63) is 52.0 Å². The highest BCUT2D eigenvalue weighted by Gasteiger charge is 2.35. The van der Waals surface area contributed by atoms with Crippen LogP contribution in [0.5, 0.6) is 0 Å². The van der Waals surface area contributed by atoms with Crippen molar-refractivity contribution in [3.63, 3.8) is 0 Å². The average Bonchev–Trinajstić information content (AvgIpc) is 3.02. The van der Waals surface area contributed by atoms with E-state index in [-0.39, 0.29) is 10.9 Å². The number of hydrogen-bond acceptors (Lipinski definition) is 3. The Morgan fingerprint density at radius 2 is 1.83 bits per heavy atom. The lowest BCUT2D eigenvalue weighted by Gasteiger charge is -2.27. The zero-order chi connectivity index (χ0) is 17.7. The van der Waals surface area contributed by atoms with Gasteiger partial charge in [-0.25, -0.2) is 0 Å². The minimum absolute atomic E-state index is 0.0903. The van der Waals surface area contributed by atoms with Gasteiger partial charge >= 0.3 is 0 Å². The van der Waals surface area contributed by atoms with Crippen molar-refractivity contribution >= 4 is 86.3 Å². The van der Waals surface area contributed by atoms with Gasteiger partial charge in [0, 0.05) is 9.26 Å². The van der Waals surface area contributed by atoms with Crippen LogP contribution < -0.4 is 16.0 Å². The third-order valence-electron chi connectivity index (χ3n) is 2.73. The van der Waals surface area contributed by atoms with E-state index in [4.69, 9.17) is 51.4 Å². The summed E-state index contributed by atoms with van der Waals surface area (Å²) in [6.07, 6.45) is 0.305. The SMILES string of the molecule is O=C(N[C@H](NC(=S)Nc1ccc(I)cc1)C(Cl)(Cl)Cl)c1ccco1. The normalized spacial score (nSPS) is 12.3. The summed E-state index contributed by atoms with van der Waals surface area (Å²) in [5.74, 6) is -0.451. The Morgan fingerprint density at radius 3 is 2.38 bits per heavy atom. The zero-order valence-corrected chi connectivity index (χ0v) is 17.1. The first-order valence-corrected chi connectivity index (χ1v) is 9.12. The summed E-state index contributed by atoms with van der Waals surface area (Å²) >= 11 is 25.1. The smallest absolute Gasteiger partial charge is 0.288 e. The number of carbonyl (C=O) groups is 1. The maximum Gasteiger partial charge on any atom is 0.288 e. The van der Waals surface area contributed by atoms with Gasteiger partial charge < -0.3 is 20.4 Å². The summed E-state index contributed by atoms with van der Waals surface area (Å²) < 4.78 is 4.25. The second-order valence-corrected chi connectivity index (χ2v) is 8.55. The van der Waals surface area contributed by atoms with Crippen molar-refractivity contribution in [3.8, 4) is 0 Å². The minimum Gasteiger partial charge on any atom is -0.459 e. The first kappa shape index (κ1) is 19.6. The van der Waals surface area contributed by atoms with Gasteiger partial charge in [0.1, 0.15) is 6.17 Å². The zero-order valence-electron chi connectivity index (χ0n) is 11.9. The van der Waals surface area contributed by atoms with E-state index in [1.54, 1.807) is 6.07 Å². The molecule has 0 aliphatic rings. The fourth-order valence-electron chi connectivity index (χ4n) is 1.64. The van der Waals surface area contributed by atoms with Crippen molar-refractivity contribution < 1.29 is 9.21 Å². The molecule has 1 atom stereocenters. The largest absolute Gasteiger partial charge is 0.459 e.